The first-order chi connectivity index (χ1) is 11.6. The number of methoxy groups -OCH3 is 1. The molecular formula is C20H28N2O2. The van der Waals surface area contributed by atoms with E-state index in [4.69, 9.17) is 4.74 Å². The van der Waals surface area contributed by atoms with Crippen molar-refractivity contribution in [1.29, 1.82) is 0 Å². The SMILES string of the molecule is COc1ccc([C@@H](C)NC(=O)NC2C3CC4CC(C3)CC2C4)cc1. The van der Waals surface area contributed by atoms with Crippen LogP contribution in [0.1, 0.15) is 50.6 Å². The highest BCUT2D eigenvalue weighted by Crippen LogP contribution is 2.53. The Morgan fingerprint density at radius 1 is 1.04 bits per heavy atom. The molecule has 24 heavy (non-hydrogen) atoms. The van der Waals surface area contributed by atoms with Crippen LogP contribution in [0.15, 0.2) is 24.3 Å². The lowest BCUT2D eigenvalue weighted by Crippen LogP contribution is -2.57. The molecule has 0 radical (unpaired) electrons. The number of carbonyl (C=O) groups excluding carboxylic acids is 1. The molecule has 4 aliphatic carbocycles. The molecule has 4 nitrogen and oxygen atoms in total. The summed E-state index contributed by atoms with van der Waals surface area (Å²) in [6.45, 7) is 2.03. The molecule has 4 saturated carbocycles. The Labute approximate surface area is 144 Å². The van der Waals surface area contributed by atoms with Crippen LogP contribution in [0.4, 0.5) is 4.79 Å². The van der Waals surface area contributed by atoms with Crippen LogP contribution in [0, 0.1) is 23.7 Å². The van der Waals surface area contributed by atoms with Crippen LogP contribution in [0.25, 0.3) is 0 Å². The summed E-state index contributed by atoms with van der Waals surface area (Å²) in [6, 6.07) is 8.25. The predicted molar refractivity (Wildman–Crippen MR) is 93.9 cm³/mol. The highest BCUT2D eigenvalue weighted by atomic mass is 16.5. The van der Waals surface area contributed by atoms with Crippen LogP contribution < -0.4 is 15.4 Å². The number of rotatable bonds is 4. The number of amides is 2. The molecule has 0 heterocycles. The fourth-order valence-corrected chi connectivity index (χ4v) is 5.53. The van der Waals surface area contributed by atoms with Gasteiger partial charge in [0.05, 0.1) is 13.2 Å². The Bertz CT molecular complexity index is 570. The normalized spacial score (nSPS) is 34.7. The Balaban J connectivity index is 1.34. The average molecular weight is 328 g/mol. The molecule has 1 aromatic carbocycles. The lowest BCUT2D eigenvalue weighted by molar-refractivity contribution is -0.00950. The zero-order valence-electron chi connectivity index (χ0n) is 14.6. The van der Waals surface area contributed by atoms with Crippen molar-refractivity contribution in [2.75, 3.05) is 7.11 Å². The van der Waals surface area contributed by atoms with E-state index in [-0.39, 0.29) is 12.1 Å². The Morgan fingerprint density at radius 2 is 1.62 bits per heavy atom. The van der Waals surface area contributed by atoms with E-state index in [0.29, 0.717) is 17.9 Å². The molecule has 4 fully saturated rings. The fraction of sp³-hybridized carbons (Fsp3) is 0.650. The van der Waals surface area contributed by atoms with Gasteiger partial charge in [0.15, 0.2) is 0 Å². The minimum atomic E-state index is -0.0178. The summed E-state index contributed by atoms with van der Waals surface area (Å²) in [5.41, 5.74) is 1.09. The molecule has 0 aromatic heterocycles. The van der Waals surface area contributed by atoms with Crippen LogP contribution >= 0.6 is 0 Å². The molecule has 130 valence electrons. The van der Waals surface area contributed by atoms with Crippen LogP contribution in [-0.4, -0.2) is 19.2 Å². The molecule has 4 heteroatoms. The molecule has 0 unspecified atom stereocenters. The van der Waals surface area contributed by atoms with Crippen molar-refractivity contribution in [3.8, 4) is 5.75 Å². The summed E-state index contributed by atoms with van der Waals surface area (Å²) in [5.74, 6) is 4.13. The van der Waals surface area contributed by atoms with Gasteiger partial charge in [-0.1, -0.05) is 12.1 Å². The summed E-state index contributed by atoms with van der Waals surface area (Å²) in [5, 5.41) is 6.41. The van der Waals surface area contributed by atoms with Gasteiger partial charge in [-0.15, -0.1) is 0 Å². The highest BCUT2D eigenvalue weighted by Gasteiger charge is 2.48. The number of ether oxygens (including phenoxy) is 1. The largest absolute Gasteiger partial charge is 0.497 e. The minimum absolute atomic E-state index is 0.00672. The molecule has 2 amide bonds. The van der Waals surface area contributed by atoms with Gasteiger partial charge in [0.25, 0.3) is 0 Å². The van der Waals surface area contributed by atoms with Crippen molar-refractivity contribution in [3.05, 3.63) is 29.8 Å². The fourth-order valence-electron chi connectivity index (χ4n) is 5.53. The van der Waals surface area contributed by atoms with Gasteiger partial charge in [-0.05, 0) is 80.4 Å². The van der Waals surface area contributed by atoms with E-state index in [0.717, 1.165) is 23.1 Å². The monoisotopic (exact) mass is 328 g/mol. The molecular weight excluding hydrogens is 300 g/mol. The second-order valence-electron chi connectivity index (χ2n) is 8.07. The number of nitrogens with one attached hydrogen (secondary N) is 2. The smallest absolute Gasteiger partial charge is 0.315 e. The maximum Gasteiger partial charge on any atom is 0.315 e. The van der Waals surface area contributed by atoms with Crippen LogP contribution in [0.5, 0.6) is 5.75 Å². The van der Waals surface area contributed by atoms with Gasteiger partial charge in [-0.25, -0.2) is 4.79 Å². The quantitative estimate of drug-likeness (QED) is 0.881. The van der Waals surface area contributed by atoms with Crippen LogP contribution in [0.2, 0.25) is 0 Å². The first-order valence-corrected chi connectivity index (χ1v) is 9.33. The van der Waals surface area contributed by atoms with Crippen molar-refractivity contribution in [2.24, 2.45) is 23.7 Å². The minimum Gasteiger partial charge on any atom is -0.497 e. The van der Waals surface area contributed by atoms with Crippen LogP contribution in [-0.2, 0) is 0 Å². The molecule has 4 aliphatic rings. The first-order valence-electron chi connectivity index (χ1n) is 9.33. The van der Waals surface area contributed by atoms with Crippen LogP contribution in [0.3, 0.4) is 0 Å². The van der Waals surface area contributed by atoms with Gasteiger partial charge in [-0.3, -0.25) is 0 Å². The topological polar surface area (TPSA) is 50.4 Å². The highest BCUT2D eigenvalue weighted by molar-refractivity contribution is 5.75. The lowest BCUT2D eigenvalue weighted by atomic mass is 9.54. The summed E-state index contributed by atoms with van der Waals surface area (Å²) >= 11 is 0. The van der Waals surface area contributed by atoms with E-state index in [2.05, 4.69) is 10.6 Å². The zero-order valence-corrected chi connectivity index (χ0v) is 14.6. The first kappa shape index (κ1) is 15.8. The van der Waals surface area contributed by atoms with E-state index in [1.807, 2.05) is 31.2 Å². The number of benzene rings is 1. The average Bonchev–Trinajstić information content (AvgIpc) is 2.57. The van der Waals surface area contributed by atoms with Gasteiger partial charge in [-0.2, -0.15) is 0 Å². The number of urea groups is 1. The van der Waals surface area contributed by atoms with Crippen molar-refractivity contribution < 1.29 is 9.53 Å². The third-order valence-electron chi connectivity index (χ3n) is 6.49. The van der Waals surface area contributed by atoms with Gasteiger partial charge < -0.3 is 15.4 Å². The molecule has 4 bridgehead atoms. The van der Waals surface area contributed by atoms with E-state index < -0.39 is 0 Å². The van der Waals surface area contributed by atoms with Crippen molar-refractivity contribution in [1.82, 2.24) is 10.6 Å². The zero-order chi connectivity index (χ0) is 16.7. The Kier molecular flexibility index (Phi) is 4.15. The number of hydrogen-bond acceptors (Lipinski definition) is 2. The number of carbonyl (C=O) groups is 1. The summed E-state index contributed by atoms with van der Waals surface area (Å²) in [4.78, 5) is 12.5. The molecule has 0 saturated heterocycles. The summed E-state index contributed by atoms with van der Waals surface area (Å²) in [6.07, 6.45) is 6.75. The second-order valence-corrected chi connectivity index (χ2v) is 8.07. The Hall–Kier alpha value is -1.71. The summed E-state index contributed by atoms with van der Waals surface area (Å²) in [7, 11) is 1.66. The molecule has 5 rings (SSSR count). The van der Waals surface area contributed by atoms with E-state index >= 15 is 0 Å². The van der Waals surface area contributed by atoms with Gasteiger partial charge in [0, 0.05) is 6.04 Å². The van der Waals surface area contributed by atoms with Crippen molar-refractivity contribution >= 4 is 6.03 Å². The van der Waals surface area contributed by atoms with Gasteiger partial charge in [0.1, 0.15) is 5.75 Å². The maximum absolute atomic E-state index is 12.5. The molecule has 1 aromatic rings. The molecule has 0 aliphatic heterocycles. The Morgan fingerprint density at radius 3 is 2.17 bits per heavy atom. The standard InChI is InChI=1S/C20H28N2O2/c1-12(15-3-5-18(24-2)6-4-15)21-20(23)22-19-16-8-13-7-14(10-16)11-17(19)9-13/h3-6,12-14,16-17,19H,7-11H2,1-2H3,(H2,21,22,23)/t12-,13?,14?,16?,17?,19?/m1/s1. The van der Waals surface area contributed by atoms with Crippen molar-refractivity contribution in [2.45, 2.75) is 51.1 Å². The number of hydrogen-bond donors (Lipinski definition) is 2. The molecule has 1 atom stereocenters. The summed E-state index contributed by atoms with van der Waals surface area (Å²) < 4.78 is 5.19. The third kappa shape index (κ3) is 2.99. The lowest BCUT2D eigenvalue weighted by Gasteiger charge is -2.54. The third-order valence-corrected chi connectivity index (χ3v) is 6.49. The molecule has 2 N–H and O–H groups in total. The van der Waals surface area contributed by atoms with Crippen molar-refractivity contribution in [3.63, 3.8) is 0 Å². The predicted octanol–water partition coefficient (Wildman–Crippen LogP) is 3.88. The van der Waals surface area contributed by atoms with E-state index in [1.165, 1.54) is 32.1 Å². The maximum atomic E-state index is 12.5. The van der Waals surface area contributed by atoms with Gasteiger partial charge in [0.2, 0.25) is 0 Å². The van der Waals surface area contributed by atoms with Gasteiger partial charge >= 0.3 is 6.03 Å². The second kappa shape index (κ2) is 6.30. The van der Waals surface area contributed by atoms with E-state index in [1.54, 1.807) is 7.11 Å². The molecule has 0 spiro atoms. The van der Waals surface area contributed by atoms with E-state index in [9.17, 15) is 4.79 Å².